The molecule has 0 atom stereocenters. The maximum atomic E-state index is 3.61. The summed E-state index contributed by atoms with van der Waals surface area (Å²) in [6, 6.07) is 24.0. The van der Waals surface area contributed by atoms with Crippen LogP contribution in [0.1, 0.15) is 43.0 Å². The third-order valence-corrected chi connectivity index (χ3v) is 6.08. The van der Waals surface area contributed by atoms with Gasteiger partial charge in [-0.05, 0) is 67.2 Å². The molecule has 3 aromatic carbocycles. The van der Waals surface area contributed by atoms with Crippen molar-refractivity contribution in [2.24, 2.45) is 0 Å². The first-order valence-electron chi connectivity index (χ1n) is 10.00. The van der Waals surface area contributed by atoms with Gasteiger partial charge in [0.2, 0.25) is 0 Å². The number of para-hydroxylation sites is 1. The number of hydrogen-bond donors (Lipinski definition) is 1. The Kier molecular flexibility index (Phi) is 7.00. The van der Waals surface area contributed by atoms with Crippen molar-refractivity contribution in [3.8, 4) is 0 Å². The van der Waals surface area contributed by atoms with E-state index in [2.05, 4.69) is 106 Å². The van der Waals surface area contributed by atoms with Crippen molar-refractivity contribution in [2.75, 3.05) is 5.32 Å². The second-order valence-corrected chi connectivity index (χ2v) is 8.16. The third-order valence-electron chi connectivity index (χ3n) is 4.99. The summed E-state index contributed by atoms with van der Waals surface area (Å²) in [5.74, 6) is 0. The van der Waals surface area contributed by atoms with Crippen LogP contribution < -0.4 is 5.32 Å². The number of rotatable bonds is 7. The van der Waals surface area contributed by atoms with Crippen LogP contribution >= 0.6 is 11.8 Å². The minimum atomic E-state index is 1.03. The number of aryl methyl sites for hydroxylation is 3. The molecule has 0 bridgehead atoms. The summed E-state index contributed by atoms with van der Waals surface area (Å²) < 4.78 is 0. The average molecular weight is 388 g/mol. The van der Waals surface area contributed by atoms with Gasteiger partial charge in [0.15, 0.2) is 0 Å². The van der Waals surface area contributed by atoms with Crippen LogP contribution in [0.5, 0.6) is 0 Å². The van der Waals surface area contributed by atoms with Crippen LogP contribution in [-0.4, -0.2) is 0 Å². The minimum Gasteiger partial charge on any atom is -0.361 e. The molecule has 0 amide bonds. The predicted molar refractivity (Wildman–Crippen MR) is 124 cm³/mol. The second kappa shape index (κ2) is 9.66. The zero-order valence-corrected chi connectivity index (χ0v) is 18.1. The molecule has 0 aromatic heterocycles. The molecule has 1 nitrogen and oxygen atoms in total. The number of hydrogen-bond acceptors (Lipinski definition) is 2. The summed E-state index contributed by atoms with van der Waals surface area (Å²) in [6.07, 6.45) is 4.22. The summed E-state index contributed by atoms with van der Waals surface area (Å²) in [5.41, 5.74) is 7.79. The van der Waals surface area contributed by atoms with E-state index in [9.17, 15) is 0 Å². The van der Waals surface area contributed by atoms with Crippen LogP contribution in [0.25, 0.3) is 5.57 Å². The maximum absolute atomic E-state index is 3.61. The normalized spacial score (nSPS) is 11.5. The van der Waals surface area contributed by atoms with Gasteiger partial charge in [0.05, 0.1) is 0 Å². The van der Waals surface area contributed by atoms with Gasteiger partial charge in [-0.2, -0.15) is 0 Å². The molecule has 0 unspecified atom stereocenters. The monoisotopic (exact) mass is 387 g/mol. The number of benzene rings is 3. The molecule has 0 aliphatic carbocycles. The second-order valence-electron chi connectivity index (χ2n) is 7.04. The first-order valence-corrected chi connectivity index (χ1v) is 10.8. The summed E-state index contributed by atoms with van der Waals surface area (Å²) in [7, 11) is 0. The molecule has 0 heterocycles. The first-order chi connectivity index (χ1) is 13.6. The van der Waals surface area contributed by atoms with Gasteiger partial charge in [0, 0.05) is 21.7 Å². The van der Waals surface area contributed by atoms with Crippen LogP contribution in [0.2, 0.25) is 0 Å². The standard InChI is InChI=1S/C26H29NS/c1-5-21-10-9-11-22(6-2)26(21)27-18-20(4)24-12-7-8-13-25(24)28-23-16-14-19(3)15-17-23/h7-18,27H,5-6H2,1-4H3/b20-18+. The van der Waals surface area contributed by atoms with Crippen LogP contribution in [0.3, 0.4) is 0 Å². The Morgan fingerprint density at radius 2 is 1.50 bits per heavy atom. The Morgan fingerprint density at radius 1 is 0.857 bits per heavy atom. The molecule has 0 fully saturated rings. The molecule has 0 saturated carbocycles. The summed E-state index contributed by atoms with van der Waals surface area (Å²) >= 11 is 1.82. The van der Waals surface area contributed by atoms with Gasteiger partial charge in [-0.25, -0.2) is 0 Å². The fraction of sp³-hybridized carbons (Fsp3) is 0.231. The van der Waals surface area contributed by atoms with E-state index in [1.165, 1.54) is 43.3 Å². The third kappa shape index (κ3) is 4.88. The highest BCUT2D eigenvalue weighted by Gasteiger charge is 2.08. The van der Waals surface area contributed by atoms with E-state index in [1.54, 1.807) is 0 Å². The molecule has 0 saturated heterocycles. The lowest BCUT2D eigenvalue weighted by molar-refractivity contribution is 1.09. The number of allylic oxidation sites excluding steroid dienone is 1. The maximum Gasteiger partial charge on any atom is 0.0444 e. The van der Waals surface area contributed by atoms with Gasteiger partial charge >= 0.3 is 0 Å². The summed E-state index contributed by atoms with van der Waals surface area (Å²) in [4.78, 5) is 2.55. The van der Waals surface area contributed by atoms with E-state index in [0.29, 0.717) is 0 Å². The molecular weight excluding hydrogens is 358 g/mol. The van der Waals surface area contributed by atoms with Crippen molar-refractivity contribution in [1.29, 1.82) is 0 Å². The van der Waals surface area contributed by atoms with E-state index in [-0.39, 0.29) is 0 Å². The Labute approximate surface area is 173 Å². The molecule has 28 heavy (non-hydrogen) atoms. The molecule has 0 spiro atoms. The van der Waals surface area contributed by atoms with Crippen molar-refractivity contribution in [3.63, 3.8) is 0 Å². The SMILES string of the molecule is CCc1cccc(CC)c1N/C=C(\C)c1ccccc1Sc1ccc(C)cc1. The number of nitrogens with one attached hydrogen (secondary N) is 1. The van der Waals surface area contributed by atoms with Crippen molar-refractivity contribution in [3.05, 3.63) is 95.2 Å². The number of anilines is 1. The topological polar surface area (TPSA) is 12.0 Å². The van der Waals surface area contributed by atoms with E-state index in [0.717, 1.165) is 12.8 Å². The summed E-state index contributed by atoms with van der Waals surface area (Å²) in [5, 5.41) is 3.61. The molecule has 3 rings (SSSR count). The highest BCUT2D eigenvalue weighted by atomic mass is 32.2. The van der Waals surface area contributed by atoms with Crippen molar-refractivity contribution >= 4 is 23.0 Å². The highest BCUT2D eigenvalue weighted by molar-refractivity contribution is 7.99. The lowest BCUT2D eigenvalue weighted by atomic mass is 10.0. The molecule has 0 aliphatic rings. The lowest BCUT2D eigenvalue weighted by Crippen LogP contribution is -2.00. The van der Waals surface area contributed by atoms with Gasteiger partial charge in [-0.1, -0.05) is 79.7 Å². The van der Waals surface area contributed by atoms with Gasteiger partial charge in [0.25, 0.3) is 0 Å². The van der Waals surface area contributed by atoms with E-state index in [1.807, 2.05) is 11.8 Å². The molecular formula is C26H29NS. The van der Waals surface area contributed by atoms with E-state index < -0.39 is 0 Å². The van der Waals surface area contributed by atoms with Gasteiger partial charge < -0.3 is 5.32 Å². The van der Waals surface area contributed by atoms with Crippen LogP contribution in [0.4, 0.5) is 5.69 Å². The van der Waals surface area contributed by atoms with Gasteiger partial charge in [0.1, 0.15) is 0 Å². The smallest absolute Gasteiger partial charge is 0.0444 e. The Balaban J connectivity index is 1.87. The first kappa shape index (κ1) is 20.3. The zero-order valence-electron chi connectivity index (χ0n) is 17.3. The Hall–Kier alpha value is -2.45. The van der Waals surface area contributed by atoms with Crippen molar-refractivity contribution < 1.29 is 0 Å². The van der Waals surface area contributed by atoms with Crippen molar-refractivity contribution in [2.45, 2.75) is 50.3 Å². The largest absolute Gasteiger partial charge is 0.361 e. The van der Waals surface area contributed by atoms with Crippen LogP contribution in [-0.2, 0) is 12.8 Å². The highest BCUT2D eigenvalue weighted by Crippen LogP contribution is 2.34. The van der Waals surface area contributed by atoms with E-state index >= 15 is 0 Å². The molecule has 3 aromatic rings. The Bertz CT molecular complexity index is 932. The van der Waals surface area contributed by atoms with Crippen LogP contribution in [0.15, 0.2) is 82.7 Å². The molecule has 0 aliphatic heterocycles. The predicted octanol–water partition coefficient (Wildman–Crippen LogP) is 7.74. The molecule has 0 radical (unpaired) electrons. The Morgan fingerprint density at radius 3 is 2.14 bits per heavy atom. The summed E-state index contributed by atoms with van der Waals surface area (Å²) in [6.45, 7) is 8.73. The molecule has 2 heteroatoms. The minimum absolute atomic E-state index is 1.03. The van der Waals surface area contributed by atoms with E-state index in [4.69, 9.17) is 0 Å². The van der Waals surface area contributed by atoms with Gasteiger partial charge in [-0.15, -0.1) is 0 Å². The fourth-order valence-electron chi connectivity index (χ4n) is 3.30. The van der Waals surface area contributed by atoms with Crippen molar-refractivity contribution in [1.82, 2.24) is 0 Å². The lowest BCUT2D eigenvalue weighted by Gasteiger charge is -2.15. The molecule has 144 valence electrons. The molecule has 1 N–H and O–H groups in total. The fourth-order valence-corrected chi connectivity index (χ4v) is 4.31. The van der Waals surface area contributed by atoms with Gasteiger partial charge in [-0.3, -0.25) is 0 Å². The zero-order chi connectivity index (χ0) is 19.9. The quantitative estimate of drug-likeness (QED) is 0.445. The van der Waals surface area contributed by atoms with Crippen LogP contribution in [0, 0.1) is 6.92 Å². The average Bonchev–Trinajstić information content (AvgIpc) is 2.73.